The Labute approximate surface area is 194 Å². The molecule has 1 amide bonds. The van der Waals surface area contributed by atoms with Gasteiger partial charge in [-0.3, -0.25) is 4.79 Å². The Bertz CT molecular complexity index is 907. The summed E-state index contributed by atoms with van der Waals surface area (Å²) >= 11 is 0. The van der Waals surface area contributed by atoms with Crippen LogP contribution in [0.3, 0.4) is 0 Å². The number of fused-ring (bicyclic) bond motifs is 1. The zero-order chi connectivity index (χ0) is 22.6. The van der Waals surface area contributed by atoms with Crippen LogP contribution in [0.4, 0.5) is 8.78 Å². The largest absolute Gasteiger partial charge is 0.454 e. The smallest absolute Gasteiger partial charge is 0.260 e. The van der Waals surface area contributed by atoms with Crippen molar-refractivity contribution in [1.29, 1.82) is 0 Å². The maximum atomic E-state index is 13.1. The molecular weight excluding hydrogens is 426 g/mol. The van der Waals surface area contributed by atoms with Gasteiger partial charge in [0.05, 0.1) is 0 Å². The Kier molecular flexibility index (Phi) is 5.31. The highest BCUT2D eigenvalue weighted by molar-refractivity contribution is 5.83. The first-order valence-electron chi connectivity index (χ1n) is 12.7. The van der Waals surface area contributed by atoms with E-state index >= 15 is 0 Å². The van der Waals surface area contributed by atoms with Crippen LogP contribution >= 0.6 is 0 Å². The second-order valence-electron chi connectivity index (χ2n) is 11.1. The highest BCUT2D eigenvalue weighted by Crippen LogP contribution is 2.58. The number of alkyl halides is 2. The van der Waals surface area contributed by atoms with E-state index in [2.05, 4.69) is 22.3 Å². The zero-order valence-corrected chi connectivity index (χ0v) is 19.2. The Morgan fingerprint density at radius 3 is 2.58 bits per heavy atom. The van der Waals surface area contributed by atoms with Crippen molar-refractivity contribution in [1.82, 2.24) is 10.2 Å². The van der Waals surface area contributed by atoms with Crippen molar-refractivity contribution in [2.75, 3.05) is 26.4 Å². The van der Waals surface area contributed by atoms with Crippen LogP contribution in [-0.4, -0.2) is 49.2 Å². The summed E-state index contributed by atoms with van der Waals surface area (Å²) in [5.74, 6) is -1.13. The van der Waals surface area contributed by atoms with Crippen molar-refractivity contribution >= 4 is 5.91 Å². The molecule has 1 saturated heterocycles. The van der Waals surface area contributed by atoms with E-state index in [1.54, 1.807) is 0 Å². The fraction of sp³-hybridized carbons (Fsp3) is 0.731. The highest BCUT2D eigenvalue weighted by atomic mass is 19.3. The Morgan fingerprint density at radius 2 is 1.85 bits per heavy atom. The number of likely N-dealkylation sites (tertiary alicyclic amines) is 1. The first-order chi connectivity index (χ1) is 15.9. The molecule has 1 aromatic rings. The van der Waals surface area contributed by atoms with Gasteiger partial charge in [-0.25, -0.2) is 8.78 Å². The number of piperidine rings is 1. The Hall–Kier alpha value is -1.89. The summed E-state index contributed by atoms with van der Waals surface area (Å²) in [5, 5.41) is 2.92. The lowest BCUT2D eigenvalue weighted by molar-refractivity contribution is -0.124. The second kappa shape index (κ2) is 8.10. The summed E-state index contributed by atoms with van der Waals surface area (Å²) < 4.78 is 37.5. The monoisotopic (exact) mass is 460 g/mol. The minimum atomic E-state index is -2.76. The Balaban J connectivity index is 0.914. The molecule has 3 aliphatic carbocycles. The van der Waals surface area contributed by atoms with Crippen molar-refractivity contribution in [2.24, 2.45) is 17.3 Å². The summed E-state index contributed by atoms with van der Waals surface area (Å²) in [4.78, 5) is 14.6. The molecular formula is C26H34F2N2O3. The first-order valence-corrected chi connectivity index (χ1v) is 12.7. The van der Waals surface area contributed by atoms with Crippen LogP contribution < -0.4 is 14.8 Å². The normalized spacial score (nSPS) is 34.9. The fourth-order valence-electron chi connectivity index (χ4n) is 6.52. The molecule has 2 aliphatic heterocycles. The fourth-order valence-corrected chi connectivity index (χ4v) is 6.52. The van der Waals surface area contributed by atoms with Gasteiger partial charge in [0.25, 0.3) is 5.92 Å². The van der Waals surface area contributed by atoms with Gasteiger partial charge in [0.2, 0.25) is 12.7 Å². The van der Waals surface area contributed by atoms with Crippen LogP contribution in [0.5, 0.6) is 11.5 Å². The minimum Gasteiger partial charge on any atom is -0.454 e. The van der Waals surface area contributed by atoms with Crippen LogP contribution in [0.15, 0.2) is 18.2 Å². The summed E-state index contributed by atoms with van der Waals surface area (Å²) in [6, 6.07) is 6.38. The number of benzene rings is 1. The van der Waals surface area contributed by atoms with Gasteiger partial charge in [-0.1, -0.05) is 12.1 Å². The van der Waals surface area contributed by atoms with E-state index < -0.39 is 17.7 Å². The van der Waals surface area contributed by atoms with Gasteiger partial charge in [0.15, 0.2) is 11.5 Å². The quantitative estimate of drug-likeness (QED) is 0.668. The van der Waals surface area contributed by atoms with Gasteiger partial charge < -0.3 is 19.7 Å². The van der Waals surface area contributed by atoms with E-state index in [0.717, 1.165) is 69.2 Å². The SMILES string of the molecule is O=C(N[C@H]1CC12CCC(CCN1CCC(c3cccc4c3OCO4)CC1)CC2)C1CC1(F)F. The van der Waals surface area contributed by atoms with E-state index in [1.807, 2.05) is 6.07 Å². The van der Waals surface area contributed by atoms with E-state index in [4.69, 9.17) is 9.47 Å². The van der Waals surface area contributed by atoms with Gasteiger partial charge in [0, 0.05) is 18.0 Å². The van der Waals surface area contributed by atoms with Crippen molar-refractivity contribution in [3.8, 4) is 11.5 Å². The number of carbonyl (C=O) groups excluding carboxylic acids is 1. The number of nitrogens with one attached hydrogen (secondary N) is 1. The predicted molar refractivity (Wildman–Crippen MR) is 120 cm³/mol. The van der Waals surface area contributed by atoms with E-state index in [0.29, 0.717) is 12.7 Å². The summed E-state index contributed by atoms with van der Waals surface area (Å²) in [6.07, 6.45) is 8.95. The molecule has 33 heavy (non-hydrogen) atoms. The predicted octanol–water partition coefficient (Wildman–Crippen LogP) is 4.71. The lowest BCUT2D eigenvalue weighted by Crippen LogP contribution is -2.35. The van der Waals surface area contributed by atoms with Gasteiger partial charge in [-0.2, -0.15) is 0 Å². The number of carbonyl (C=O) groups is 1. The zero-order valence-electron chi connectivity index (χ0n) is 19.2. The molecule has 6 rings (SSSR count). The lowest BCUT2D eigenvalue weighted by atomic mass is 9.78. The number of hydrogen-bond donors (Lipinski definition) is 1. The molecule has 0 bridgehead atoms. The number of halogens is 2. The van der Waals surface area contributed by atoms with Crippen LogP contribution in [0.1, 0.15) is 69.3 Å². The molecule has 180 valence electrons. The van der Waals surface area contributed by atoms with Gasteiger partial charge in [-0.15, -0.1) is 0 Å². The minimum absolute atomic E-state index is 0.134. The third-order valence-electron chi connectivity index (χ3n) is 9.06. The van der Waals surface area contributed by atoms with E-state index in [1.165, 1.54) is 24.8 Å². The summed E-state index contributed by atoms with van der Waals surface area (Å²) in [5.41, 5.74) is 1.51. The molecule has 0 aromatic heterocycles. The maximum absolute atomic E-state index is 13.1. The second-order valence-corrected chi connectivity index (χ2v) is 11.1. The van der Waals surface area contributed by atoms with Crippen molar-refractivity contribution in [2.45, 2.75) is 75.7 Å². The molecule has 1 aromatic carbocycles. The van der Waals surface area contributed by atoms with Crippen molar-refractivity contribution in [3.63, 3.8) is 0 Å². The highest BCUT2D eigenvalue weighted by Gasteiger charge is 2.63. The molecule has 1 spiro atoms. The van der Waals surface area contributed by atoms with E-state index in [9.17, 15) is 13.6 Å². The summed E-state index contributed by atoms with van der Waals surface area (Å²) in [7, 11) is 0. The third-order valence-corrected chi connectivity index (χ3v) is 9.06. The number of para-hydroxylation sites is 1. The van der Waals surface area contributed by atoms with Gasteiger partial charge in [0.1, 0.15) is 5.92 Å². The number of nitrogens with zero attached hydrogens (tertiary/aromatic N) is 1. The van der Waals surface area contributed by atoms with Gasteiger partial charge in [-0.05, 0) is 94.3 Å². The molecule has 7 heteroatoms. The van der Waals surface area contributed by atoms with Crippen LogP contribution in [0.2, 0.25) is 0 Å². The van der Waals surface area contributed by atoms with Crippen LogP contribution in [-0.2, 0) is 4.79 Å². The molecule has 1 unspecified atom stereocenters. The van der Waals surface area contributed by atoms with Crippen molar-refractivity contribution in [3.05, 3.63) is 23.8 Å². The molecule has 2 heterocycles. The number of rotatable bonds is 6. The van der Waals surface area contributed by atoms with E-state index in [-0.39, 0.29) is 17.9 Å². The first kappa shape index (κ1) is 21.6. The topological polar surface area (TPSA) is 50.8 Å². The third kappa shape index (κ3) is 4.22. The van der Waals surface area contributed by atoms with Crippen LogP contribution in [0, 0.1) is 17.3 Å². The maximum Gasteiger partial charge on any atom is 0.260 e. The number of amides is 1. The van der Waals surface area contributed by atoms with Crippen LogP contribution in [0.25, 0.3) is 0 Å². The molecule has 3 saturated carbocycles. The van der Waals surface area contributed by atoms with Crippen molar-refractivity contribution < 1.29 is 23.0 Å². The molecule has 4 fully saturated rings. The summed E-state index contributed by atoms with van der Waals surface area (Å²) in [6.45, 7) is 3.75. The Morgan fingerprint density at radius 1 is 1.09 bits per heavy atom. The van der Waals surface area contributed by atoms with Gasteiger partial charge >= 0.3 is 0 Å². The number of ether oxygens (including phenoxy) is 2. The standard InChI is InChI=1S/C26H34F2N2O3/c27-26(28)14-20(26)24(31)29-22-15-25(22)9-4-17(5-10-25)6-11-30-12-7-18(8-13-30)19-2-1-3-21-23(19)33-16-32-21/h1-3,17-18,20,22H,4-16H2,(H,29,31)/t17?,20?,22-,25?/m0/s1. The average molecular weight is 461 g/mol. The average Bonchev–Trinajstić information content (AvgIpc) is 3.57. The molecule has 1 N–H and O–H groups in total. The number of hydrogen-bond acceptors (Lipinski definition) is 4. The molecule has 5 aliphatic rings. The molecule has 2 atom stereocenters. The molecule has 0 radical (unpaired) electrons. The lowest BCUT2D eigenvalue weighted by Gasteiger charge is -2.35. The molecule has 5 nitrogen and oxygen atoms in total.